The summed E-state index contributed by atoms with van der Waals surface area (Å²) in [6.07, 6.45) is 8.25. The fourth-order valence-corrected chi connectivity index (χ4v) is 6.90. The summed E-state index contributed by atoms with van der Waals surface area (Å²) in [5, 5.41) is 4.43. The summed E-state index contributed by atoms with van der Waals surface area (Å²) in [7, 11) is 0. The molecule has 2 N–H and O–H groups in total. The van der Waals surface area contributed by atoms with Crippen LogP contribution < -0.4 is 8.85 Å². The molecule has 0 bridgehead atoms. The fourth-order valence-electron chi connectivity index (χ4n) is 3.19. The molecule has 0 fully saturated rings. The van der Waals surface area contributed by atoms with Gasteiger partial charge in [0, 0.05) is 24.5 Å². The van der Waals surface area contributed by atoms with Gasteiger partial charge >= 0.3 is 0 Å². The SMILES string of the molecule is O=C(C=Cc1ccc(I)cc1)N[S+]([O-])C=Cc1ccc(I)cc1.[O-][S+](C=Cc1ccc(I)cc1)N[S+]([O-])C=Cc1ccc(I)cc1. The average molecular weight is 1120 g/mol. The molecule has 6 nitrogen and oxygen atoms in total. The standard InChI is InChI=1S/C17H13I2NO2S.C16H13I2NO2S2/c18-15-6-1-13(2-7-15)5-10-17(21)20-23(22)12-11-14-3-8-16(19)9-4-14;17-15-5-1-13(2-6-15)9-11-22(20)19-23(21)12-10-14-3-7-16(18)8-4-14/h1-12H,(H,20,21);1-12,19H. The zero-order valence-corrected chi connectivity index (χ0v) is 34.8. The molecule has 3 unspecified atom stereocenters. The van der Waals surface area contributed by atoms with Gasteiger partial charge in [0.15, 0.2) is 0 Å². The Morgan fingerprint density at radius 1 is 0.478 bits per heavy atom. The topological polar surface area (TPSA) is 110 Å². The van der Waals surface area contributed by atoms with E-state index < -0.39 is 40.0 Å². The second kappa shape index (κ2) is 22.0. The van der Waals surface area contributed by atoms with Gasteiger partial charge in [-0.1, -0.05) is 48.5 Å². The number of hydrogen-bond acceptors (Lipinski definition) is 5. The molecule has 13 heteroatoms. The van der Waals surface area contributed by atoms with Crippen LogP contribution in [0.4, 0.5) is 0 Å². The van der Waals surface area contributed by atoms with Crippen LogP contribution in [0, 0.1) is 14.3 Å². The van der Waals surface area contributed by atoms with E-state index in [9.17, 15) is 18.5 Å². The molecule has 0 radical (unpaired) electrons. The van der Waals surface area contributed by atoms with Crippen molar-refractivity contribution in [3.63, 3.8) is 0 Å². The molecule has 1 amide bonds. The molecule has 3 atom stereocenters. The van der Waals surface area contributed by atoms with Gasteiger partial charge in [0.1, 0.15) is 50.3 Å². The molecule has 4 aromatic carbocycles. The van der Waals surface area contributed by atoms with Crippen molar-refractivity contribution >= 4 is 155 Å². The molecule has 0 saturated carbocycles. The minimum absolute atomic E-state index is 0.394. The molecule has 0 aliphatic carbocycles. The first-order valence-electron chi connectivity index (χ1n) is 13.1. The van der Waals surface area contributed by atoms with Gasteiger partial charge in [0.05, 0.1) is 0 Å². The number of hydrogen-bond donors (Lipinski definition) is 2. The summed E-state index contributed by atoms with van der Waals surface area (Å²) in [5.41, 5.74) is 3.74. The molecule has 4 aromatic rings. The molecular formula is C33H26I4N2O4S3. The maximum Gasteiger partial charge on any atom is 0.285 e. The van der Waals surface area contributed by atoms with Crippen molar-refractivity contribution in [3.05, 3.63) is 156 Å². The van der Waals surface area contributed by atoms with Crippen LogP contribution in [-0.4, -0.2) is 19.6 Å². The van der Waals surface area contributed by atoms with E-state index in [0.717, 1.165) is 36.5 Å². The van der Waals surface area contributed by atoms with E-state index in [2.05, 4.69) is 99.2 Å². The van der Waals surface area contributed by atoms with Gasteiger partial charge in [-0.3, -0.25) is 4.79 Å². The van der Waals surface area contributed by atoms with E-state index in [1.54, 1.807) is 24.3 Å². The lowest BCUT2D eigenvalue weighted by molar-refractivity contribution is -0.114. The number of carbonyl (C=O) groups is 1. The summed E-state index contributed by atoms with van der Waals surface area (Å²) in [6, 6.07) is 31.1. The highest BCUT2D eigenvalue weighted by Gasteiger charge is 2.11. The summed E-state index contributed by atoms with van der Waals surface area (Å²) >= 11 is 4.33. The molecule has 238 valence electrons. The predicted molar refractivity (Wildman–Crippen MR) is 228 cm³/mol. The van der Waals surface area contributed by atoms with Crippen LogP contribution in [0.2, 0.25) is 0 Å². The van der Waals surface area contributed by atoms with Crippen LogP contribution in [-0.2, 0) is 38.9 Å². The molecule has 46 heavy (non-hydrogen) atoms. The van der Waals surface area contributed by atoms with E-state index in [4.69, 9.17) is 0 Å². The minimum atomic E-state index is -1.55. The average Bonchev–Trinajstić information content (AvgIpc) is 3.04. The van der Waals surface area contributed by atoms with Crippen LogP contribution in [0.25, 0.3) is 24.3 Å². The number of carbonyl (C=O) groups excluding carboxylic acids is 1. The first kappa shape index (κ1) is 39.6. The molecule has 0 aliphatic heterocycles. The van der Waals surface area contributed by atoms with Gasteiger partial charge in [-0.2, -0.15) is 4.72 Å². The number of nitrogens with one attached hydrogen (secondary N) is 2. The van der Waals surface area contributed by atoms with Crippen LogP contribution in [0.1, 0.15) is 22.3 Å². The van der Waals surface area contributed by atoms with Gasteiger partial charge < -0.3 is 13.7 Å². The third-order valence-electron chi connectivity index (χ3n) is 5.42. The Kier molecular flexibility index (Phi) is 18.9. The second-order valence-electron chi connectivity index (χ2n) is 8.89. The van der Waals surface area contributed by atoms with E-state index >= 15 is 0 Å². The highest BCUT2D eigenvalue weighted by Crippen LogP contribution is 2.12. The van der Waals surface area contributed by atoms with Crippen LogP contribution in [0.5, 0.6) is 0 Å². The van der Waals surface area contributed by atoms with E-state index in [1.807, 2.05) is 97.1 Å². The number of amides is 1. The first-order chi connectivity index (χ1) is 22.0. The van der Waals surface area contributed by atoms with Gasteiger partial charge in [-0.25, -0.2) is 0 Å². The van der Waals surface area contributed by atoms with Crippen molar-refractivity contribution in [2.24, 2.45) is 0 Å². The zero-order chi connectivity index (χ0) is 33.3. The number of halogens is 4. The lowest BCUT2D eigenvalue weighted by Gasteiger charge is -2.06. The van der Waals surface area contributed by atoms with E-state index in [1.165, 1.54) is 22.3 Å². The Hall–Kier alpha value is -0.880. The van der Waals surface area contributed by atoms with Crippen LogP contribution >= 0.6 is 90.4 Å². The van der Waals surface area contributed by atoms with Crippen molar-refractivity contribution < 1.29 is 18.5 Å². The molecular weight excluding hydrogens is 1090 g/mol. The highest BCUT2D eigenvalue weighted by molar-refractivity contribution is 14.1. The number of rotatable bonds is 11. The Balaban J connectivity index is 0.000000250. The van der Waals surface area contributed by atoms with Crippen molar-refractivity contribution in [3.8, 4) is 0 Å². The van der Waals surface area contributed by atoms with Gasteiger partial charge in [-0.15, -0.1) is 0 Å². The maximum absolute atomic E-state index is 11.8. The molecule has 0 saturated heterocycles. The maximum atomic E-state index is 11.8. The largest absolute Gasteiger partial charge is 0.590 e. The smallest absolute Gasteiger partial charge is 0.285 e. The van der Waals surface area contributed by atoms with Crippen LogP contribution in [0.15, 0.2) is 119 Å². The summed E-state index contributed by atoms with van der Waals surface area (Å²) in [6.45, 7) is 0. The van der Waals surface area contributed by atoms with Crippen molar-refractivity contribution in [2.45, 2.75) is 0 Å². The molecule has 0 aromatic heterocycles. The minimum Gasteiger partial charge on any atom is -0.590 e. The van der Waals surface area contributed by atoms with E-state index in [0.29, 0.717) is 0 Å². The van der Waals surface area contributed by atoms with Gasteiger partial charge in [-0.05, 0) is 185 Å². The fraction of sp³-hybridized carbons (Fsp3) is 0. The Labute approximate surface area is 333 Å². The summed E-state index contributed by atoms with van der Waals surface area (Å²) in [4.78, 5) is 11.7. The normalized spacial score (nSPS) is 13.5. The Morgan fingerprint density at radius 3 is 1.09 bits per heavy atom. The van der Waals surface area contributed by atoms with E-state index in [-0.39, 0.29) is 0 Å². The monoisotopic (exact) mass is 1120 g/mol. The predicted octanol–water partition coefficient (Wildman–Crippen LogP) is 8.81. The first-order valence-corrected chi connectivity index (χ1v) is 21.0. The van der Waals surface area contributed by atoms with Crippen molar-refractivity contribution in [1.29, 1.82) is 0 Å². The molecule has 0 aliphatic rings. The Bertz CT molecular complexity index is 1580. The Morgan fingerprint density at radius 2 is 0.761 bits per heavy atom. The lowest BCUT2D eigenvalue weighted by atomic mass is 10.2. The lowest BCUT2D eigenvalue weighted by Crippen LogP contribution is -2.27. The second-order valence-corrected chi connectivity index (χ2v) is 17.3. The van der Waals surface area contributed by atoms with Crippen LogP contribution in [0.3, 0.4) is 0 Å². The third-order valence-corrected chi connectivity index (χ3v) is 11.2. The van der Waals surface area contributed by atoms with Crippen molar-refractivity contribution in [1.82, 2.24) is 8.85 Å². The summed E-state index contributed by atoms with van der Waals surface area (Å²) in [5.74, 6) is -0.394. The highest BCUT2D eigenvalue weighted by atomic mass is 127. The van der Waals surface area contributed by atoms with Crippen molar-refractivity contribution in [2.75, 3.05) is 0 Å². The van der Waals surface area contributed by atoms with Gasteiger partial charge in [0.25, 0.3) is 5.91 Å². The molecule has 4 rings (SSSR count). The quantitative estimate of drug-likeness (QED) is 0.0887. The number of benzene rings is 4. The molecule has 0 spiro atoms. The van der Waals surface area contributed by atoms with Gasteiger partial charge in [0.2, 0.25) is 0 Å². The molecule has 0 heterocycles. The zero-order valence-electron chi connectivity index (χ0n) is 23.7. The summed E-state index contributed by atoms with van der Waals surface area (Å²) < 4.78 is 44.9. The third kappa shape index (κ3) is 17.0.